The van der Waals surface area contributed by atoms with Crippen LogP contribution in [0.5, 0.6) is 5.75 Å². The van der Waals surface area contributed by atoms with Gasteiger partial charge in [-0.3, -0.25) is 4.79 Å². The molecule has 1 heterocycles. The molecular weight excluding hydrogens is 523 g/mol. The standard InChI is InChI=1S/C26H29ClF3N5O3/c1-4-18(22(36)37-5-2)16-17-6-12-21(13-7-17)38-15-14-35(3)25-33-23(27)32-24(34-25)31-20-10-8-19(9-11-20)26(28,29)30/h6-13,18H,4-5,14-16H2,1-3H3,(H,31,32,33,34). The number of rotatable bonds is 12. The van der Waals surface area contributed by atoms with E-state index in [0.717, 1.165) is 17.7 Å². The maximum absolute atomic E-state index is 12.8. The van der Waals surface area contributed by atoms with Crippen molar-refractivity contribution in [2.75, 3.05) is 37.0 Å². The molecule has 0 bridgehead atoms. The molecule has 1 aromatic heterocycles. The molecule has 0 saturated heterocycles. The zero-order valence-corrected chi connectivity index (χ0v) is 22.0. The Labute approximate surface area is 224 Å². The predicted molar refractivity (Wildman–Crippen MR) is 139 cm³/mol. The van der Waals surface area contributed by atoms with Crippen LogP contribution in [-0.4, -0.2) is 47.7 Å². The zero-order chi connectivity index (χ0) is 27.7. The molecule has 8 nitrogen and oxygen atoms in total. The van der Waals surface area contributed by atoms with Crippen LogP contribution < -0.4 is 15.0 Å². The van der Waals surface area contributed by atoms with Crippen LogP contribution >= 0.6 is 11.6 Å². The molecule has 0 aliphatic heterocycles. The molecule has 2 aromatic carbocycles. The minimum absolute atomic E-state index is 0.0685. The van der Waals surface area contributed by atoms with Gasteiger partial charge in [0, 0.05) is 12.7 Å². The molecule has 0 fully saturated rings. The van der Waals surface area contributed by atoms with Gasteiger partial charge in [0.05, 0.1) is 24.6 Å². The van der Waals surface area contributed by atoms with E-state index in [-0.39, 0.29) is 29.1 Å². The molecular formula is C26H29ClF3N5O3. The lowest BCUT2D eigenvalue weighted by atomic mass is 9.97. The van der Waals surface area contributed by atoms with Gasteiger partial charge in [0.1, 0.15) is 12.4 Å². The molecule has 3 rings (SSSR count). The third-order valence-corrected chi connectivity index (χ3v) is 5.79. The summed E-state index contributed by atoms with van der Waals surface area (Å²) in [5.41, 5.74) is 0.629. The highest BCUT2D eigenvalue weighted by Crippen LogP contribution is 2.30. The van der Waals surface area contributed by atoms with E-state index < -0.39 is 11.7 Å². The van der Waals surface area contributed by atoms with E-state index in [1.165, 1.54) is 12.1 Å². The van der Waals surface area contributed by atoms with Crippen LogP contribution in [0.2, 0.25) is 5.28 Å². The Morgan fingerprint density at radius 1 is 1.05 bits per heavy atom. The number of hydrogen-bond acceptors (Lipinski definition) is 8. The van der Waals surface area contributed by atoms with Crippen molar-refractivity contribution < 1.29 is 27.4 Å². The van der Waals surface area contributed by atoms with Crippen LogP contribution in [0.25, 0.3) is 0 Å². The van der Waals surface area contributed by atoms with E-state index in [9.17, 15) is 18.0 Å². The van der Waals surface area contributed by atoms with E-state index in [2.05, 4.69) is 20.3 Å². The van der Waals surface area contributed by atoms with Crippen molar-refractivity contribution in [1.82, 2.24) is 15.0 Å². The quantitative estimate of drug-likeness (QED) is 0.277. The molecule has 0 radical (unpaired) electrons. The van der Waals surface area contributed by atoms with Gasteiger partial charge in [0.25, 0.3) is 0 Å². The molecule has 1 unspecified atom stereocenters. The first-order valence-corrected chi connectivity index (χ1v) is 12.4. The molecule has 0 aliphatic carbocycles. The summed E-state index contributed by atoms with van der Waals surface area (Å²) in [6.07, 6.45) is -3.12. The minimum atomic E-state index is -4.42. The number of benzene rings is 2. The number of alkyl halides is 3. The molecule has 0 spiro atoms. The third kappa shape index (κ3) is 8.47. The summed E-state index contributed by atoms with van der Waals surface area (Å²) in [6, 6.07) is 12.0. The van der Waals surface area contributed by atoms with Gasteiger partial charge < -0.3 is 19.7 Å². The van der Waals surface area contributed by atoms with E-state index in [0.29, 0.717) is 44.0 Å². The van der Waals surface area contributed by atoms with Gasteiger partial charge in [0.2, 0.25) is 17.2 Å². The molecule has 0 saturated carbocycles. The second-order valence-corrected chi connectivity index (χ2v) is 8.74. The summed E-state index contributed by atoms with van der Waals surface area (Å²) >= 11 is 6.04. The third-order valence-electron chi connectivity index (χ3n) is 5.62. The first-order valence-electron chi connectivity index (χ1n) is 12.0. The molecule has 1 N–H and O–H groups in total. The lowest BCUT2D eigenvalue weighted by molar-refractivity contribution is -0.148. The number of anilines is 3. The Kier molecular flexibility index (Phi) is 10.1. The summed E-state index contributed by atoms with van der Waals surface area (Å²) in [5.74, 6) is 0.666. The van der Waals surface area contributed by atoms with Gasteiger partial charge in [0.15, 0.2) is 0 Å². The average Bonchev–Trinajstić information content (AvgIpc) is 2.87. The number of nitrogens with one attached hydrogen (secondary N) is 1. The monoisotopic (exact) mass is 551 g/mol. The Morgan fingerprint density at radius 3 is 2.34 bits per heavy atom. The fourth-order valence-electron chi connectivity index (χ4n) is 3.50. The Bertz CT molecular complexity index is 1190. The van der Waals surface area contributed by atoms with Gasteiger partial charge in [-0.1, -0.05) is 19.1 Å². The summed E-state index contributed by atoms with van der Waals surface area (Å²) in [7, 11) is 1.75. The van der Waals surface area contributed by atoms with Crippen molar-refractivity contribution in [3.63, 3.8) is 0 Å². The summed E-state index contributed by atoms with van der Waals surface area (Å²) < 4.78 is 49.3. The Morgan fingerprint density at radius 2 is 1.74 bits per heavy atom. The smallest absolute Gasteiger partial charge is 0.416 e. The first kappa shape index (κ1) is 29.0. The molecule has 0 aliphatic rings. The summed E-state index contributed by atoms with van der Waals surface area (Å²) in [5, 5.41) is 2.77. The topological polar surface area (TPSA) is 89.5 Å². The second kappa shape index (κ2) is 13.3. The molecule has 0 amide bonds. The van der Waals surface area contributed by atoms with Crippen LogP contribution in [-0.2, 0) is 22.1 Å². The van der Waals surface area contributed by atoms with Crippen molar-refractivity contribution in [2.45, 2.75) is 32.9 Å². The van der Waals surface area contributed by atoms with Crippen LogP contribution in [0.4, 0.5) is 30.8 Å². The lowest BCUT2D eigenvalue weighted by Crippen LogP contribution is -2.26. The van der Waals surface area contributed by atoms with Gasteiger partial charge in [-0.15, -0.1) is 0 Å². The molecule has 12 heteroatoms. The lowest BCUT2D eigenvalue weighted by Gasteiger charge is -2.18. The van der Waals surface area contributed by atoms with Gasteiger partial charge in [-0.05, 0) is 73.3 Å². The number of hydrogen-bond donors (Lipinski definition) is 1. The van der Waals surface area contributed by atoms with E-state index in [1.54, 1.807) is 18.9 Å². The fraction of sp³-hybridized carbons (Fsp3) is 0.385. The average molecular weight is 552 g/mol. The number of nitrogens with zero attached hydrogens (tertiary/aromatic N) is 4. The number of carbonyl (C=O) groups is 1. The number of ether oxygens (including phenoxy) is 2. The largest absolute Gasteiger partial charge is 0.492 e. The molecule has 1 atom stereocenters. The predicted octanol–water partition coefficient (Wildman–Crippen LogP) is 5.93. The Hall–Kier alpha value is -3.60. The number of likely N-dealkylation sites (N-methyl/N-ethyl adjacent to an activating group) is 1. The highest BCUT2D eigenvalue weighted by Gasteiger charge is 2.30. The van der Waals surface area contributed by atoms with Gasteiger partial charge in [-0.25, -0.2) is 0 Å². The van der Waals surface area contributed by atoms with Crippen LogP contribution in [0.1, 0.15) is 31.4 Å². The number of halogens is 4. The highest BCUT2D eigenvalue weighted by atomic mass is 35.5. The second-order valence-electron chi connectivity index (χ2n) is 8.40. The zero-order valence-electron chi connectivity index (χ0n) is 21.3. The Balaban J connectivity index is 1.54. The van der Waals surface area contributed by atoms with E-state index >= 15 is 0 Å². The number of esters is 1. The van der Waals surface area contributed by atoms with Crippen LogP contribution in [0.3, 0.4) is 0 Å². The van der Waals surface area contributed by atoms with E-state index in [1.807, 2.05) is 31.2 Å². The van der Waals surface area contributed by atoms with Crippen LogP contribution in [0, 0.1) is 5.92 Å². The highest BCUT2D eigenvalue weighted by molar-refractivity contribution is 6.28. The minimum Gasteiger partial charge on any atom is -0.492 e. The van der Waals surface area contributed by atoms with Crippen molar-refractivity contribution in [3.05, 3.63) is 64.9 Å². The van der Waals surface area contributed by atoms with Gasteiger partial charge in [-0.2, -0.15) is 28.1 Å². The maximum atomic E-state index is 12.8. The molecule has 3 aromatic rings. The first-order chi connectivity index (χ1) is 18.1. The molecule has 204 valence electrons. The maximum Gasteiger partial charge on any atom is 0.416 e. The van der Waals surface area contributed by atoms with Crippen molar-refractivity contribution in [2.24, 2.45) is 5.92 Å². The van der Waals surface area contributed by atoms with Crippen molar-refractivity contribution in [3.8, 4) is 5.75 Å². The number of aromatic nitrogens is 3. The fourth-order valence-corrected chi connectivity index (χ4v) is 3.65. The summed E-state index contributed by atoms with van der Waals surface area (Å²) in [6.45, 7) is 4.86. The van der Waals surface area contributed by atoms with Crippen LogP contribution in [0.15, 0.2) is 48.5 Å². The van der Waals surface area contributed by atoms with Crippen molar-refractivity contribution >= 4 is 35.2 Å². The number of carbonyl (C=O) groups excluding carboxylic acids is 1. The molecule has 38 heavy (non-hydrogen) atoms. The summed E-state index contributed by atoms with van der Waals surface area (Å²) in [4.78, 5) is 26.1. The van der Waals surface area contributed by atoms with Gasteiger partial charge >= 0.3 is 12.1 Å². The SMILES string of the molecule is CCOC(=O)C(CC)Cc1ccc(OCCN(C)c2nc(Cl)nc(Nc3ccc(C(F)(F)F)cc3)n2)cc1. The normalized spacial score (nSPS) is 12.1. The van der Waals surface area contributed by atoms with Crippen molar-refractivity contribution in [1.29, 1.82) is 0 Å². The van der Waals surface area contributed by atoms with E-state index in [4.69, 9.17) is 21.1 Å².